The minimum atomic E-state index is -1.52. The van der Waals surface area contributed by atoms with Gasteiger partial charge in [0.2, 0.25) is 5.66 Å². The lowest BCUT2D eigenvalue weighted by Crippen LogP contribution is -2.50. The van der Waals surface area contributed by atoms with Crippen LogP contribution in [0.5, 0.6) is 5.75 Å². The van der Waals surface area contributed by atoms with E-state index in [1.807, 2.05) is 30.3 Å². The van der Waals surface area contributed by atoms with Gasteiger partial charge in [0, 0.05) is 19.2 Å². The molecule has 2 aromatic carbocycles. The van der Waals surface area contributed by atoms with Gasteiger partial charge in [0.05, 0.1) is 10.0 Å². The van der Waals surface area contributed by atoms with Crippen molar-refractivity contribution in [2.75, 3.05) is 7.05 Å². The summed E-state index contributed by atoms with van der Waals surface area (Å²) in [6.45, 7) is 0.387. The molecule has 1 amide bonds. The van der Waals surface area contributed by atoms with Crippen molar-refractivity contribution >= 4 is 35.5 Å². The number of likely N-dealkylation sites (N-methyl/N-ethyl adjacent to an activating group) is 1. The van der Waals surface area contributed by atoms with E-state index in [1.54, 1.807) is 7.05 Å². The van der Waals surface area contributed by atoms with E-state index in [-0.39, 0.29) is 21.7 Å². The number of carbonyl (C=O) groups excluding carboxylic acids is 1. The molecule has 2 aromatic rings. The lowest BCUT2D eigenvalue weighted by Gasteiger charge is -2.29. The molecule has 2 N–H and O–H groups in total. The Morgan fingerprint density at radius 2 is 1.92 bits per heavy atom. The number of nitrogens with zero attached hydrogens (tertiary/aromatic N) is 2. The van der Waals surface area contributed by atoms with Gasteiger partial charge in [-0.05, 0) is 17.7 Å². The molecule has 25 heavy (non-hydrogen) atoms. The minimum absolute atomic E-state index is 0.0179. The highest BCUT2D eigenvalue weighted by Gasteiger charge is 2.46. The summed E-state index contributed by atoms with van der Waals surface area (Å²) in [6.07, 6.45) is 1.14. The number of carbonyl (C=O) groups is 1. The van der Waals surface area contributed by atoms with Crippen LogP contribution in [0.15, 0.2) is 47.5 Å². The summed E-state index contributed by atoms with van der Waals surface area (Å²) in [7, 11) is 1.66. The van der Waals surface area contributed by atoms with Gasteiger partial charge in [0.1, 0.15) is 0 Å². The van der Waals surface area contributed by atoms with Gasteiger partial charge in [-0.3, -0.25) is 4.79 Å². The largest absolute Gasteiger partial charge is 0.505 e. The number of nitrogens with one attached hydrogen (secondary N) is 1. The summed E-state index contributed by atoms with van der Waals surface area (Å²) >= 11 is 12.0. The van der Waals surface area contributed by atoms with Crippen molar-refractivity contribution in [1.29, 1.82) is 0 Å². The molecule has 1 aliphatic heterocycles. The number of aliphatic imine (C=N–C) groups is 1. The van der Waals surface area contributed by atoms with Crippen LogP contribution in [-0.4, -0.2) is 29.4 Å². The molecule has 0 radical (unpaired) electrons. The fourth-order valence-corrected chi connectivity index (χ4v) is 3.07. The average molecular weight is 380 g/mol. The number of benzene rings is 2. The molecule has 1 aliphatic rings. The molecule has 0 fully saturated rings. The lowest BCUT2D eigenvalue weighted by atomic mass is 9.98. The quantitative estimate of drug-likeness (QED) is 0.855. The second-order valence-electron chi connectivity index (χ2n) is 5.60. The Labute approximate surface area is 154 Å². The fraction of sp³-hybridized carbons (Fsp3) is 0.176. The molecule has 0 aliphatic carbocycles. The van der Waals surface area contributed by atoms with Gasteiger partial charge in [-0.25, -0.2) is 4.99 Å². The molecule has 8 heteroatoms. The molecule has 0 saturated carbocycles. The summed E-state index contributed by atoms with van der Waals surface area (Å²) < 4.78 is 0. The average Bonchev–Trinajstić information content (AvgIpc) is 3.10. The third-order valence-electron chi connectivity index (χ3n) is 3.86. The number of rotatable bonds is 4. The maximum Gasteiger partial charge on any atom is 0.273 e. The van der Waals surface area contributed by atoms with E-state index in [0.29, 0.717) is 12.1 Å². The van der Waals surface area contributed by atoms with Crippen molar-refractivity contribution in [3.63, 3.8) is 0 Å². The van der Waals surface area contributed by atoms with Crippen LogP contribution < -0.4 is 5.48 Å². The summed E-state index contributed by atoms with van der Waals surface area (Å²) in [4.78, 5) is 23.8. The highest BCUT2D eigenvalue weighted by atomic mass is 35.5. The molecule has 130 valence electrons. The number of hydroxylamine groups is 1. The number of aromatic hydroxyl groups is 1. The standard InChI is InChI=1S/C17H15Cl2N3O3/c1-22(9-11-5-3-2-4-6-11)16(24)17(20-10-25-21-17)12-7-13(18)15(23)14(19)8-12/h2-8,10,21,23H,9H2,1H3. The number of hydrogen-bond donors (Lipinski definition) is 2. The molecule has 0 aromatic heterocycles. The zero-order chi connectivity index (χ0) is 18.0. The first-order valence-corrected chi connectivity index (χ1v) is 8.14. The van der Waals surface area contributed by atoms with E-state index in [2.05, 4.69) is 10.5 Å². The van der Waals surface area contributed by atoms with Crippen LogP contribution in [0.25, 0.3) is 0 Å². The molecule has 1 unspecified atom stereocenters. The van der Waals surface area contributed by atoms with E-state index in [1.165, 1.54) is 17.0 Å². The highest BCUT2D eigenvalue weighted by Crippen LogP contribution is 2.38. The zero-order valence-electron chi connectivity index (χ0n) is 13.2. The Kier molecular flexibility index (Phi) is 4.85. The number of hydrogen-bond acceptors (Lipinski definition) is 5. The number of phenolic OH excluding ortho intramolecular Hbond substituents is 1. The summed E-state index contributed by atoms with van der Waals surface area (Å²) in [5, 5.41) is 9.79. The van der Waals surface area contributed by atoms with Gasteiger partial charge in [-0.1, -0.05) is 53.5 Å². The molecule has 3 rings (SSSR count). The van der Waals surface area contributed by atoms with E-state index >= 15 is 0 Å². The van der Waals surface area contributed by atoms with Crippen LogP contribution in [0, 0.1) is 0 Å². The summed E-state index contributed by atoms with van der Waals surface area (Å²) in [5.41, 5.74) is 2.42. The predicted molar refractivity (Wildman–Crippen MR) is 95.4 cm³/mol. The Morgan fingerprint density at radius 3 is 2.48 bits per heavy atom. The minimum Gasteiger partial charge on any atom is -0.505 e. The van der Waals surface area contributed by atoms with Gasteiger partial charge >= 0.3 is 0 Å². The molecule has 6 nitrogen and oxygen atoms in total. The zero-order valence-corrected chi connectivity index (χ0v) is 14.8. The van der Waals surface area contributed by atoms with Crippen molar-refractivity contribution in [3.05, 3.63) is 63.6 Å². The Morgan fingerprint density at radius 1 is 1.28 bits per heavy atom. The van der Waals surface area contributed by atoms with Gasteiger partial charge in [-0.15, -0.1) is 5.48 Å². The second-order valence-corrected chi connectivity index (χ2v) is 6.41. The summed E-state index contributed by atoms with van der Waals surface area (Å²) in [5.74, 6) is -0.613. The van der Waals surface area contributed by atoms with Gasteiger partial charge in [-0.2, -0.15) is 0 Å². The number of amides is 1. The molecule has 0 bridgehead atoms. The smallest absolute Gasteiger partial charge is 0.273 e. The molecule has 0 saturated heterocycles. The first kappa shape index (κ1) is 17.5. The maximum atomic E-state index is 13.1. The molecular formula is C17H15Cl2N3O3. The maximum absolute atomic E-state index is 13.1. The van der Waals surface area contributed by atoms with Crippen LogP contribution in [0.2, 0.25) is 10.0 Å². The lowest BCUT2D eigenvalue weighted by molar-refractivity contribution is -0.140. The molecule has 1 heterocycles. The van der Waals surface area contributed by atoms with E-state index < -0.39 is 5.66 Å². The van der Waals surface area contributed by atoms with E-state index in [9.17, 15) is 9.90 Å². The number of halogens is 2. The second kappa shape index (κ2) is 6.92. The predicted octanol–water partition coefficient (Wildman–Crippen LogP) is 3.07. The molecule has 1 atom stereocenters. The van der Waals surface area contributed by atoms with E-state index in [0.717, 1.165) is 12.0 Å². The topological polar surface area (TPSA) is 74.2 Å². The van der Waals surface area contributed by atoms with Crippen LogP contribution >= 0.6 is 23.2 Å². The van der Waals surface area contributed by atoms with Crippen LogP contribution in [-0.2, 0) is 21.8 Å². The monoisotopic (exact) mass is 379 g/mol. The van der Waals surface area contributed by atoms with Crippen LogP contribution in [0.3, 0.4) is 0 Å². The highest BCUT2D eigenvalue weighted by molar-refractivity contribution is 6.37. The third-order valence-corrected chi connectivity index (χ3v) is 4.44. The van der Waals surface area contributed by atoms with Crippen LogP contribution in [0.1, 0.15) is 11.1 Å². The Bertz CT molecular complexity index is 806. The normalized spacial score (nSPS) is 18.8. The van der Waals surface area contributed by atoms with Crippen molar-refractivity contribution in [3.8, 4) is 5.75 Å². The summed E-state index contributed by atoms with van der Waals surface area (Å²) in [6, 6.07) is 12.4. The van der Waals surface area contributed by atoms with Crippen molar-refractivity contribution in [2.24, 2.45) is 4.99 Å². The third kappa shape index (κ3) is 3.28. The van der Waals surface area contributed by atoms with Gasteiger partial charge in [0.15, 0.2) is 12.2 Å². The first-order chi connectivity index (χ1) is 11.9. The van der Waals surface area contributed by atoms with Crippen molar-refractivity contribution < 1.29 is 14.7 Å². The van der Waals surface area contributed by atoms with Crippen LogP contribution in [0.4, 0.5) is 0 Å². The molecule has 0 spiro atoms. The van der Waals surface area contributed by atoms with Gasteiger partial charge < -0.3 is 14.8 Å². The Balaban J connectivity index is 1.95. The van der Waals surface area contributed by atoms with Crippen molar-refractivity contribution in [2.45, 2.75) is 12.2 Å². The van der Waals surface area contributed by atoms with E-state index in [4.69, 9.17) is 28.0 Å². The fourth-order valence-electron chi connectivity index (χ4n) is 2.58. The van der Waals surface area contributed by atoms with Crippen molar-refractivity contribution in [1.82, 2.24) is 10.4 Å². The first-order valence-electron chi connectivity index (χ1n) is 7.38. The number of phenols is 1. The molecular weight excluding hydrogens is 365 g/mol. The van der Waals surface area contributed by atoms with Gasteiger partial charge in [0.25, 0.3) is 5.91 Å². The SMILES string of the molecule is CN(Cc1ccccc1)C(=O)C1(c2cc(Cl)c(O)c(Cl)c2)N=CON1. The Hall–Kier alpha value is -2.28.